The van der Waals surface area contributed by atoms with Crippen LogP contribution in [0.2, 0.25) is 0 Å². The topological polar surface area (TPSA) is 51.2 Å². The Morgan fingerprint density at radius 1 is 1.47 bits per heavy atom. The Morgan fingerprint density at radius 3 is 2.63 bits per heavy atom. The van der Waals surface area contributed by atoms with Crippen molar-refractivity contribution in [2.75, 3.05) is 6.61 Å². The van der Waals surface area contributed by atoms with Gasteiger partial charge >= 0.3 is 12.1 Å². The van der Waals surface area contributed by atoms with E-state index in [1.54, 1.807) is 6.92 Å². The summed E-state index contributed by atoms with van der Waals surface area (Å²) in [5, 5.41) is 2.63. The van der Waals surface area contributed by atoms with Crippen LogP contribution in [0.3, 0.4) is 0 Å². The number of pyridine rings is 1. The van der Waals surface area contributed by atoms with Crippen molar-refractivity contribution in [1.29, 1.82) is 0 Å². The zero-order valence-corrected chi connectivity index (χ0v) is 10.3. The maximum atomic E-state index is 12.3. The second kappa shape index (κ2) is 6.21. The predicted octanol–water partition coefficient (Wildman–Crippen LogP) is 2.27. The summed E-state index contributed by atoms with van der Waals surface area (Å²) >= 11 is 0. The van der Waals surface area contributed by atoms with Crippen LogP contribution in [-0.4, -0.2) is 17.6 Å². The number of carbonyl (C=O) groups excluding carboxylic acids is 1. The smallest absolute Gasteiger partial charge is 0.417 e. The van der Waals surface area contributed by atoms with E-state index in [0.717, 1.165) is 12.3 Å². The fraction of sp³-hybridized carbons (Fsp3) is 0.333. The maximum absolute atomic E-state index is 12.3. The largest absolute Gasteiger partial charge is 0.461 e. The molecule has 0 bridgehead atoms. The number of hydrogen-bond donors (Lipinski definition) is 1. The molecule has 0 aliphatic rings. The fourth-order valence-corrected chi connectivity index (χ4v) is 1.18. The van der Waals surface area contributed by atoms with Crippen LogP contribution in [0.25, 0.3) is 0 Å². The molecule has 0 aliphatic carbocycles. The number of halogens is 3. The molecule has 0 aliphatic heterocycles. The van der Waals surface area contributed by atoms with Gasteiger partial charge in [-0.15, -0.1) is 0 Å². The van der Waals surface area contributed by atoms with Crippen molar-refractivity contribution in [3.63, 3.8) is 0 Å². The molecule has 0 fully saturated rings. The van der Waals surface area contributed by atoms with Crippen molar-refractivity contribution in [3.05, 3.63) is 41.9 Å². The number of nitrogens with one attached hydrogen (secondary N) is 1. The van der Waals surface area contributed by atoms with Gasteiger partial charge in [0, 0.05) is 6.20 Å². The van der Waals surface area contributed by atoms with Gasteiger partial charge < -0.3 is 10.1 Å². The SMILES string of the molecule is C=C(NCc1ccc(C(F)(F)F)cn1)C(=O)OCC. The lowest BCUT2D eigenvalue weighted by molar-refractivity contribution is -0.139. The Kier molecular flexibility index (Phi) is 4.91. The summed E-state index contributed by atoms with van der Waals surface area (Å²) < 4.78 is 41.6. The van der Waals surface area contributed by atoms with E-state index in [1.165, 1.54) is 6.07 Å². The van der Waals surface area contributed by atoms with Crippen molar-refractivity contribution < 1.29 is 22.7 Å². The Balaban J connectivity index is 2.55. The third kappa shape index (κ3) is 4.61. The van der Waals surface area contributed by atoms with Gasteiger partial charge in [0.2, 0.25) is 0 Å². The van der Waals surface area contributed by atoms with Crippen LogP contribution in [0, 0.1) is 0 Å². The average molecular weight is 274 g/mol. The Hall–Kier alpha value is -2.05. The summed E-state index contributed by atoms with van der Waals surface area (Å²) in [4.78, 5) is 14.8. The molecule has 0 aromatic carbocycles. The Labute approximate surface area is 108 Å². The van der Waals surface area contributed by atoms with Gasteiger partial charge in [0.25, 0.3) is 0 Å². The van der Waals surface area contributed by atoms with E-state index in [4.69, 9.17) is 0 Å². The number of esters is 1. The summed E-state index contributed by atoms with van der Waals surface area (Å²) in [6.07, 6.45) is -3.67. The summed E-state index contributed by atoms with van der Waals surface area (Å²) in [6, 6.07) is 2.16. The Bertz CT molecular complexity index is 455. The molecule has 1 heterocycles. The molecule has 0 unspecified atom stereocenters. The normalized spacial score (nSPS) is 10.9. The molecule has 0 amide bonds. The van der Waals surface area contributed by atoms with Crippen molar-refractivity contribution in [3.8, 4) is 0 Å². The van der Waals surface area contributed by atoms with Crippen molar-refractivity contribution >= 4 is 5.97 Å². The molecule has 4 nitrogen and oxygen atoms in total. The minimum atomic E-state index is -4.41. The van der Waals surface area contributed by atoms with Crippen LogP contribution < -0.4 is 5.32 Å². The first kappa shape index (κ1) is 15.0. The number of rotatable bonds is 5. The molecule has 104 valence electrons. The quantitative estimate of drug-likeness (QED) is 0.661. The lowest BCUT2D eigenvalue weighted by Crippen LogP contribution is -2.21. The van der Waals surface area contributed by atoms with Crippen LogP contribution in [0.5, 0.6) is 0 Å². The number of aromatic nitrogens is 1. The standard InChI is InChI=1S/C12H13F3N2O2/c1-3-19-11(18)8(2)16-7-10-5-4-9(6-17-10)12(13,14)15/h4-6,16H,2-3,7H2,1H3. The van der Waals surface area contributed by atoms with E-state index in [1.807, 2.05) is 0 Å². The highest BCUT2D eigenvalue weighted by atomic mass is 19.4. The summed E-state index contributed by atoms with van der Waals surface area (Å²) in [5.74, 6) is -0.602. The molecule has 1 aromatic rings. The van der Waals surface area contributed by atoms with Gasteiger partial charge in [0.05, 0.1) is 24.4 Å². The first-order valence-electron chi connectivity index (χ1n) is 5.46. The summed E-state index contributed by atoms with van der Waals surface area (Å²) in [7, 11) is 0. The zero-order chi connectivity index (χ0) is 14.5. The fourth-order valence-electron chi connectivity index (χ4n) is 1.18. The molecular formula is C12H13F3N2O2. The van der Waals surface area contributed by atoms with Gasteiger partial charge in [-0.3, -0.25) is 4.98 Å². The van der Waals surface area contributed by atoms with Crippen molar-refractivity contribution in [2.45, 2.75) is 19.6 Å². The van der Waals surface area contributed by atoms with Gasteiger partial charge in [0.1, 0.15) is 5.70 Å². The second-order valence-corrected chi connectivity index (χ2v) is 3.59. The van der Waals surface area contributed by atoms with Gasteiger partial charge in [-0.25, -0.2) is 4.79 Å². The van der Waals surface area contributed by atoms with E-state index in [0.29, 0.717) is 5.69 Å². The minimum absolute atomic E-state index is 0.0311. The van der Waals surface area contributed by atoms with Crippen molar-refractivity contribution in [1.82, 2.24) is 10.3 Å². The molecule has 0 radical (unpaired) electrons. The number of carbonyl (C=O) groups is 1. The van der Waals surface area contributed by atoms with Crippen LogP contribution >= 0.6 is 0 Å². The molecule has 0 saturated carbocycles. The number of alkyl halides is 3. The molecule has 1 N–H and O–H groups in total. The maximum Gasteiger partial charge on any atom is 0.417 e. The first-order chi connectivity index (χ1) is 8.84. The zero-order valence-electron chi connectivity index (χ0n) is 10.3. The van der Waals surface area contributed by atoms with Gasteiger partial charge in [-0.1, -0.05) is 6.58 Å². The second-order valence-electron chi connectivity index (χ2n) is 3.59. The molecule has 7 heteroatoms. The lowest BCUT2D eigenvalue weighted by Gasteiger charge is -2.09. The van der Waals surface area contributed by atoms with Gasteiger partial charge in [0.15, 0.2) is 0 Å². The van der Waals surface area contributed by atoms with E-state index < -0.39 is 17.7 Å². The van der Waals surface area contributed by atoms with Crippen LogP contribution in [-0.2, 0) is 22.3 Å². The van der Waals surface area contributed by atoms with Gasteiger partial charge in [-0.05, 0) is 19.1 Å². The third-order valence-electron chi connectivity index (χ3n) is 2.16. The number of hydrogen-bond acceptors (Lipinski definition) is 4. The van der Waals surface area contributed by atoms with Crippen LogP contribution in [0.15, 0.2) is 30.6 Å². The monoisotopic (exact) mass is 274 g/mol. The van der Waals surface area contributed by atoms with Gasteiger partial charge in [-0.2, -0.15) is 13.2 Å². The third-order valence-corrected chi connectivity index (χ3v) is 2.16. The lowest BCUT2D eigenvalue weighted by atomic mass is 10.2. The first-order valence-corrected chi connectivity index (χ1v) is 5.46. The van der Waals surface area contributed by atoms with E-state index in [-0.39, 0.29) is 18.8 Å². The van der Waals surface area contributed by atoms with Crippen LogP contribution in [0.1, 0.15) is 18.2 Å². The summed E-state index contributed by atoms with van der Waals surface area (Å²) in [5.41, 5.74) is -0.428. The molecule has 0 spiro atoms. The molecule has 1 aromatic heterocycles. The number of nitrogens with zero attached hydrogens (tertiary/aromatic N) is 1. The molecule has 1 rings (SSSR count). The molecule has 0 atom stereocenters. The van der Waals surface area contributed by atoms with Crippen LogP contribution in [0.4, 0.5) is 13.2 Å². The average Bonchev–Trinajstić information content (AvgIpc) is 2.35. The van der Waals surface area contributed by atoms with E-state index in [2.05, 4.69) is 21.6 Å². The highest BCUT2D eigenvalue weighted by molar-refractivity contribution is 5.86. The van der Waals surface area contributed by atoms with E-state index in [9.17, 15) is 18.0 Å². The highest BCUT2D eigenvalue weighted by Crippen LogP contribution is 2.28. The van der Waals surface area contributed by atoms with Crippen molar-refractivity contribution in [2.24, 2.45) is 0 Å². The number of ether oxygens (including phenoxy) is 1. The Morgan fingerprint density at radius 2 is 2.16 bits per heavy atom. The van der Waals surface area contributed by atoms with E-state index >= 15 is 0 Å². The highest BCUT2D eigenvalue weighted by Gasteiger charge is 2.30. The predicted molar refractivity (Wildman–Crippen MR) is 61.9 cm³/mol. The minimum Gasteiger partial charge on any atom is -0.461 e. The molecular weight excluding hydrogens is 261 g/mol. The summed E-state index contributed by atoms with van der Waals surface area (Å²) in [6.45, 7) is 5.42. The molecule has 19 heavy (non-hydrogen) atoms. The molecule has 0 saturated heterocycles.